The number of aromatic nitrogens is 2. The molecule has 1 amide bonds. The van der Waals surface area contributed by atoms with Crippen LogP contribution < -0.4 is 5.32 Å². The summed E-state index contributed by atoms with van der Waals surface area (Å²) >= 11 is 0. The van der Waals surface area contributed by atoms with Gasteiger partial charge in [0.25, 0.3) is 5.91 Å². The molecule has 0 aliphatic rings. The number of rotatable bonds is 3. The monoisotopic (exact) mass is 255 g/mol. The Kier molecular flexibility index (Phi) is 3.90. The summed E-state index contributed by atoms with van der Waals surface area (Å²) in [7, 11) is 0. The van der Waals surface area contributed by atoms with Gasteiger partial charge in [-0.2, -0.15) is 0 Å². The summed E-state index contributed by atoms with van der Waals surface area (Å²) in [5.41, 5.74) is 3.54. The van der Waals surface area contributed by atoms with Gasteiger partial charge in [-0.3, -0.25) is 4.79 Å². The molecule has 1 aromatic heterocycles. The molecule has 0 bridgehead atoms. The predicted octanol–water partition coefficient (Wildman–Crippen LogP) is 2.91. The van der Waals surface area contributed by atoms with Crippen molar-refractivity contribution in [3.63, 3.8) is 0 Å². The van der Waals surface area contributed by atoms with Gasteiger partial charge in [-0.05, 0) is 31.4 Å². The zero-order chi connectivity index (χ0) is 13.8. The van der Waals surface area contributed by atoms with Gasteiger partial charge in [-0.15, -0.1) is 0 Å². The van der Waals surface area contributed by atoms with Crippen molar-refractivity contribution >= 4 is 11.6 Å². The number of anilines is 1. The SMILES string of the molecule is CCc1cccc(C)c1NC(=O)c1cnc(C)nc1. The highest BCUT2D eigenvalue weighted by Gasteiger charge is 2.11. The molecule has 2 aromatic rings. The Bertz CT molecular complexity index is 591. The molecule has 19 heavy (non-hydrogen) atoms. The van der Waals surface area contributed by atoms with Gasteiger partial charge in [0.2, 0.25) is 0 Å². The van der Waals surface area contributed by atoms with Crippen molar-refractivity contribution in [2.24, 2.45) is 0 Å². The maximum absolute atomic E-state index is 12.2. The van der Waals surface area contributed by atoms with Crippen LogP contribution in [0.4, 0.5) is 5.69 Å². The third kappa shape index (κ3) is 2.96. The van der Waals surface area contributed by atoms with Crippen LogP contribution in [0.1, 0.15) is 34.2 Å². The van der Waals surface area contributed by atoms with Crippen LogP contribution >= 0.6 is 0 Å². The van der Waals surface area contributed by atoms with E-state index < -0.39 is 0 Å². The summed E-state index contributed by atoms with van der Waals surface area (Å²) in [6, 6.07) is 6.01. The fourth-order valence-electron chi connectivity index (χ4n) is 1.90. The van der Waals surface area contributed by atoms with Gasteiger partial charge in [-0.1, -0.05) is 25.1 Å². The first-order valence-electron chi connectivity index (χ1n) is 6.30. The van der Waals surface area contributed by atoms with E-state index in [1.165, 1.54) is 0 Å². The molecule has 4 heteroatoms. The Morgan fingerprint density at radius 2 is 1.89 bits per heavy atom. The van der Waals surface area contributed by atoms with Crippen molar-refractivity contribution in [3.05, 3.63) is 53.1 Å². The van der Waals surface area contributed by atoms with Crippen LogP contribution in [0.5, 0.6) is 0 Å². The van der Waals surface area contributed by atoms with Gasteiger partial charge >= 0.3 is 0 Å². The first kappa shape index (κ1) is 13.2. The smallest absolute Gasteiger partial charge is 0.258 e. The molecule has 0 spiro atoms. The molecule has 0 aliphatic carbocycles. The minimum atomic E-state index is -0.177. The molecule has 0 unspecified atom stereocenters. The molecule has 0 saturated carbocycles. The minimum Gasteiger partial charge on any atom is -0.321 e. The van der Waals surface area contributed by atoms with Gasteiger partial charge in [0.05, 0.1) is 5.56 Å². The van der Waals surface area contributed by atoms with Gasteiger partial charge in [0.1, 0.15) is 5.82 Å². The maximum atomic E-state index is 12.2. The van der Waals surface area contributed by atoms with E-state index in [4.69, 9.17) is 0 Å². The maximum Gasteiger partial charge on any atom is 0.258 e. The average molecular weight is 255 g/mol. The highest BCUT2D eigenvalue weighted by atomic mass is 16.1. The van der Waals surface area contributed by atoms with E-state index in [0.29, 0.717) is 11.4 Å². The molecule has 4 nitrogen and oxygen atoms in total. The summed E-state index contributed by atoms with van der Waals surface area (Å²) in [6.07, 6.45) is 3.96. The minimum absolute atomic E-state index is 0.177. The van der Waals surface area contributed by atoms with Gasteiger partial charge in [-0.25, -0.2) is 9.97 Å². The second-order valence-electron chi connectivity index (χ2n) is 4.44. The third-order valence-electron chi connectivity index (χ3n) is 3.02. The van der Waals surface area contributed by atoms with Crippen LogP contribution in [0.2, 0.25) is 0 Å². The summed E-state index contributed by atoms with van der Waals surface area (Å²) in [4.78, 5) is 20.2. The number of hydrogen-bond acceptors (Lipinski definition) is 3. The number of para-hydroxylation sites is 1. The van der Waals surface area contributed by atoms with Crippen LogP contribution in [0, 0.1) is 13.8 Å². The van der Waals surface area contributed by atoms with Gasteiger partial charge in [0.15, 0.2) is 0 Å². The molecule has 98 valence electrons. The Balaban J connectivity index is 2.26. The summed E-state index contributed by atoms with van der Waals surface area (Å²) in [6.45, 7) is 5.85. The number of aryl methyl sites for hydroxylation is 3. The highest BCUT2D eigenvalue weighted by molar-refractivity contribution is 6.04. The van der Waals surface area contributed by atoms with Crippen LogP contribution in [-0.2, 0) is 6.42 Å². The lowest BCUT2D eigenvalue weighted by atomic mass is 10.1. The summed E-state index contributed by atoms with van der Waals surface area (Å²) in [5.74, 6) is 0.477. The zero-order valence-electron chi connectivity index (χ0n) is 11.4. The largest absolute Gasteiger partial charge is 0.321 e. The Morgan fingerprint density at radius 3 is 2.53 bits per heavy atom. The second kappa shape index (κ2) is 5.61. The normalized spacial score (nSPS) is 10.3. The van der Waals surface area contributed by atoms with E-state index in [0.717, 1.165) is 23.2 Å². The number of carbonyl (C=O) groups excluding carboxylic acids is 1. The van der Waals surface area contributed by atoms with Crippen molar-refractivity contribution < 1.29 is 4.79 Å². The van der Waals surface area contributed by atoms with Crippen molar-refractivity contribution in [2.45, 2.75) is 27.2 Å². The quantitative estimate of drug-likeness (QED) is 0.917. The number of hydrogen-bond donors (Lipinski definition) is 1. The highest BCUT2D eigenvalue weighted by Crippen LogP contribution is 2.21. The van der Waals surface area contributed by atoms with E-state index >= 15 is 0 Å². The third-order valence-corrected chi connectivity index (χ3v) is 3.02. The Hall–Kier alpha value is -2.23. The Morgan fingerprint density at radius 1 is 1.21 bits per heavy atom. The average Bonchev–Trinajstić information content (AvgIpc) is 2.41. The van der Waals surface area contributed by atoms with Gasteiger partial charge < -0.3 is 5.32 Å². The van der Waals surface area contributed by atoms with E-state index in [-0.39, 0.29) is 5.91 Å². The van der Waals surface area contributed by atoms with E-state index in [2.05, 4.69) is 22.2 Å². The number of carbonyl (C=O) groups is 1. The number of benzene rings is 1. The molecule has 1 N–H and O–H groups in total. The molecule has 1 aromatic carbocycles. The lowest BCUT2D eigenvalue weighted by molar-refractivity contribution is 0.102. The lowest BCUT2D eigenvalue weighted by Gasteiger charge is -2.12. The van der Waals surface area contributed by atoms with Gasteiger partial charge in [0, 0.05) is 18.1 Å². The Labute approximate surface area is 112 Å². The zero-order valence-corrected chi connectivity index (χ0v) is 11.4. The first-order valence-corrected chi connectivity index (χ1v) is 6.30. The standard InChI is InChI=1S/C15H17N3O/c1-4-12-7-5-6-10(2)14(12)18-15(19)13-8-16-11(3)17-9-13/h5-9H,4H2,1-3H3,(H,18,19). The van der Waals surface area contributed by atoms with Crippen molar-refractivity contribution in [2.75, 3.05) is 5.32 Å². The molecule has 0 radical (unpaired) electrons. The molecule has 0 aliphatic heterocycles. The molecule has 0 fully saturated rings. The van der Waals surface area contributed by atoms with Crippen molar-refractivity contribution in [1.82, 2.24) is 9.97 Å². The van der Waals surface area contributed by atoms with Crippen LogP contribution in [0.15, 0.2) is 30.6 Å². The molecule has 1 heterocycles. The van der Waals surface area contributed by atoms with Crippen LogP contribution in [-0.4, -0.2) is 15.9 Å². The van der Waals surface area contributed by atoms with Crippen LogP contribution in [0.25, 0.3) is 0 Å². The summed E-state index contributed by atoms with van der Waals surface area (Å²) < 4.78 is 0. The number of nitrogens with zero attached hydrogens (tertiary/aromatic N) is 2. The first-order chi connectivity index (χ1) is 9.11. The second-order valence-corrected chi connectivity index (χ2v) is 4.44. The fourth-order valence-corrected chi connectivity index (χ4v) is 1.90. The molecular weight excluding hydrogens is 238 g/mol. The predicted molar refractivity (Wildman–Crippen MR) is 75.3 cm³/mol. The lowest BCUT2D eigenvalue weighted by Crippen LogP contribution is -2.15. The topological polar surface area (TPSA) is 54.9 Å². The molecule has 0 saturated heterocycles. The van der Waals surface area contributed by atoms with Crippen LogP contribution in [0.3, 0.4) is 0 Å². The fraction of sp³-hybridized carbons (Fsp3) is 0.267. The van der Waals surface area contributed by atoms with Crippen molar-refractivity contribution in [3.8, 4) is 0 Å². The molecule has 0 atom stereocenters. The number of amides is 1. The molecule has 2 rings (SSSR count). The van der Waals surface area contributed by atoms with E-state index in [1.54, 1.807) is 19.3 Å². The number of nitrogens with one attached hydrogen (secondary N) is 1. The van der Waals surface area contributed by atoms with E-state index in [9.17, 15) is 4.79 Å². The summed E-state index contributed by atoms with van der Waals surface area (Å²) in [5, 5.41) is 2.95. The van der Waals surface area contributed by atoms with Crippen molar-refractivity contribution in [1.29, 1.82) is 0 Å². The van der Waals surface area contributed by atoms with E-state index in [1.807, 2.05) is 25.1 Å². The molecular formula is C15H17N3O.